The Bertz CT molecular complexity index is 549. The fourth-order valence-corrected chi connectivity index (χ4v) is 1.77. The maximum absolute atomic E-state index is 9.03. The minimum atomic E-state index is 0.452. The Morgan fingerprint density at radius 2 is 2.06 bits per heavy atom. The average Bonchev–Trinajstić information content (AvgIpc) is 2.67. The number of benzene rings is 1. The number of aromatic nitrogens is 2. The first-order chi connectivity index (χ1) is 8.26. The second kappa shape index (κ2) is 4.71. The van der Waals surface area contributed by atoms with Crippen LogP contribution in [0, 0.1) is 11.3 Å². The fourth-order valence-electron chi connectivity index (χ4n) is 1.77. The van der Waals surface area contributed by atoms with Crippen LogP contribution in [0.1, 0.15) is 23.7 Å². The van der Waals surface area contributed by atoms with E-state index in [4.69, 9.17) is 11.0 Å². The largest absolute Gasteiger partial charge is 0.383 e. The van der Waals surface area contributed by atoms with Crippen molar-refractivity contribution in [1.29, 1.82) is 5.26 Å². The number of rotatable bonds is 3. The zero-order chi connectivity index (χ0) is 12.3. The van der Waals surface area contributed by atoms with Gasteiger partial charge in [-0.3, -0.25) is 0 Å². The van der Waals surface area contributed by atoms with Gasteiger partial charge in [-0.05, 0) is 12.0 Å². The van der Waals surface area contributed by atoms with E-state index in [0.717, 1.165) is 17.7 Å². The van der Waals surface area contributed by atoms with Gasteiger partial charge in [0.1, 0.15) is 17.5 Å². The third-order valence-corrected chi connectivity index (χ3v) is 2.69. The molecule has 0 unspecified atom stereocenters. The number of hydrogen-bond acceptors (Lipinski definition) is 3. The Labute approximate surface area is 100 Å². The van der Waals surface area contributed by atoms with Gasteiger partial charge in [0.15, 0.2) is 0 Å². The molecule has 2 aromatic rings. The number of anilines is 1. The molecule has 2 N–H and O–H groups in total. The summed E-state index contributed by atoms with van der Waals surface area (Å²) in [5.74, 6) is 0.452. The number of nitrogen functional groups attached to an aromatic ring is 1. The molecule has 1 aromatic carbocycles. The minimum absolute atomic E-state index is 0.452. The van der Waals surface area contributed by atoms with Crippen LogP contribution in [-0.4, -0.2) is 9.78 Å². The molecule has 2 rings (SSSR count). The van der Waals surface area contributed by atoms with Crippen molar-refractivity contribution in [2.75, 3.05) is 5.73 Å². The standard InChI is InChI=1S/C13H14N4/c1-2-12-11(8-14)13(15)17(16-12)9-10-6-4-3-5-7-10/h3-7H,2,9,15H2,1H3. The third kappa shape index (κ3) is 2.13. The van der Waals surface area contributed by atoms with Gasteiger partial charge in [0.25, 0.3) is 0 Å². The lowest BCUT2D eigenvalue weighted by Crippen LogP contribution is -2.06. The van der Waals surface area contributed by atoms with Crippen LogP contribution in [-0.2, 0) is 13.0 Å². The van der Waals surface area contributed by atoms with Gasteiger partial charge in [-0.2, -0.15) is 10.4 Å². The highest BCUT2D eigenvalue weighted by Crippen LogP contribution is 2.17. The summed E-state index contributed by atoms with van der Waals surface area (Å²) in [5.41, 5.74) is 8.30. The van der Waals surface area contributed by atoms with E-state index in [-0.39, 0.29) is 0 Å². The number of aryl methyl sites for hydroxylation is 1. The number of nitrogens with zero attached hydrogens (tertiary/aromatic N) is 3. The molecule has 0 aliphatic carbocycles. The van der Waals surface area contributed by atoms with Crippen LogP contribution in [0.5, 0.6) is 0 Å². The smallest absolute Gasteiger partial charge is 0.140 e. The number of hydrogen-bond donors (Lipinski definition) is 1. The van der Waals surface area contributed by atoms with E-state index < -0.39 is 0 Å². The summed E-state index contributed by atoms with van der Waals surface area (Å²) in [7, 11) is 0. The molecule has 4 nitrogen and oxygen atoms in total. The molecule has 1 aromatic heterocycles. The van der Waals surface area contributed by atoms with E-state index in [2.05, 4.69) is 11.2 Å². The Morgan fingerprint density at radius 3 is 2.59 bits per heavy atom. The molecule has 0 amide bonds. The van der Waals surface area contributed by atoms with Crippen LogP contribution in [0.4, 0.5) is 5.82 Å². The Balaban J connectivity index is 2.35. The molecule has 0 fully saturated rings. The Kier molecular flexibility index (Phi) is 3.10. The van der Waals surface area contributed by atoms with Crippen LogP contribution < -0.4 is 5.73 Å². The van der Waals surface area contributed by atoms with E-state index >= 15 is 0 Å². The second-order valence-corrected chi connectivity index (χ2v) is 3.82. The summed E-state index contributed by atoms with van der Waals surface area (Å²) in [4.78, 5) is 0. The van der Waals surface area contributed by atoms with Crippen LogP contribution in [0.15, 0.2) is 30.3 Å². The highest BCUT2D eigenvalue weighted by Gasteiger charge is 2.13. The lowest BCUT2D eigenvalue weighted by molar-refractivity contribution is 0.683. The molecule has 0 spiro atoms. The van der Waals surface area contributed by atoms with Crippen molar-refractivity contribution in [3.63, 3.8) is 0 Å². The van der Waals surface area contributed by atoms with Gasteiger partial charge in [-0.1, -0.05) is 37.3 Å². The average molecular weight is 226 g/mol. The number of nitrogens with two attached hydrogens (primary N) is 1. The Morgan fingerprint density at radius 1 is 1.35 bits per heavy atom. The monoisotopic (exact) mass is 226 g/mol. The molecular weight excluding hydrogens is 212 g/mol. The van der Waals surface area contributed by atoms with Gasteiger partial charge in [0, 0.05) is 0 Å². The summed E-state index contributed by atoms with van der Waals surface area (Å²) in [5, 5.41) is 13.4. The highest BCUT2D eigenvalue weighted by molar-refractivity contribution is 5.52. The predicted octanol–water partition coefficient (Wildman–Crippen LogP) is 1.95. The summed E-state index contributed by atoms with van der Waals surface area (Å²) in [6, 6.07) is 12.1. The molecule has 1 heterocycles. The van der Waals surface area contributed by atoms with E-state index in [1.54, 1.807) is 4.68 Å². The van der Waals surface area contributed by atoms with Crippen LogP contribution in [0.25, 0.3) is 0 Å². The van der Waals surface area contributed by atoms with Crippen molar-refractivity contribution in [2.45, 2.75) is 19.9 Å². The second-order valence-electron chi connectivity index (χ2n) is 3.82. The molecule has 0 atom stereocenters. The minimum Gasteiger partial charge on any atom is -0.383 e. The first-order valence-corrected chi connectivity index (χ1v) is 5.55. The van der Waals surface area contributed by atoms with Gasteiger partial charge in [-0.15, -0.1) is 0 Å². The van der Waals surface area contributed by atoms with E-state index in [0.29, 0.717) is 17.9 Å². The van der Waals surface area contributed by atoms with Crippen LogP contribution in [0.3, 0.4) is 0 Å². The van der Waals surface area contributed by atoms with Crippen molar-refractivity contribution >= 4 is 5.82 Å². The zero-order valence-corrected chi connectivity index (χ0v) is 9.72. The molecule has 86 valence electrons. The van der Waals surface area contributed by atoms with Crippen molar-refractivity contribution in [2.24, 2.45) is 0 Å². The molecule has 0 saturated heterocycles. The lowest BCUT2D eigenvalue weighted by Gasteiger charge is -2.03. The summed E-state index contributed by atoms with van der Waals surface area (Å²) < 4.78 is 1.69. The third-order valence-electron chi connectivity index (χ3n) is 2.69. The van der Waals surface area contributed by atoms with Gasteiger partial charge in [-0.25, -0.2) is 4.68 Å². The molecular formula is C13H14N4. The molecule has 0 aliphatic heterocycles. The molecule has 0 bridgehead atoms. The van der Waals surface area contributed by atoms with E-state index in [1.165, 1.54) is 0 Å². The van der Waals surface area contributed by atoms with Crippen molar-refractivity contribution < 1.29 is 0 Å². The first kappa shape index (κ1) is 11.2. The molecule has 4 heteroatoms. The normalized spacial score (nSPS) is 10.1. The van der Waals surface area contributed by atoms with Crippen molar-refractivity contribution in [1.82, 2.24) is 9.78 Å². The first-order valence-electron chi connectivity index (χ1n) is 5.55. The lowest BCUT2D eigenvalue weighted by atomic mass is 10.2. The fraction of sp³-hybridized carbons (Fsp3) is 0.231. The van der Waals surface area contributed by atoms with Crippen molar-refractivity contribution in [3.8, 4) is 6.07 Å². The molecule has 0 aliphatic rings. The maximum atomic E-state index is 9.03. The quantitative estimate of drug-likeness (QED) is 0.869. The zero-order valence-electron chi connectivity index (χ0n) is 9.72. The predicted molar refractivity (Wildman–Crippen MR) is 66.3 cm³/mol. The summed E-state index contributed by atoms with van der Waals surface area (Å²) in [6.45, 7) is 2.57. The van der Waals surface area contributed by atoms with Crippen LogP contribution in [0.2, 0.25) is 0 Å². The van der Waals surface area contributed by atoms with Crippen LogP contribution >= 0.6 is 0 Å². The summed E-state index contributed by atoms with van der Waals surface area (Å²) >= 11 is 0. The van der Waals surface area contributed by atoms with Gasteiger partial charge in [0.05, 0.1) is 12.2 Å². The Hall–Kier alpha value is -2.28. The SMILES string of the molecule is CCc1nn(Cc2ccccc2)c(N)c1C#N. The summed E-state index contributed by atoms with van der Waals surface area (Å²) in [6.07, 6.45) is 0.717. The highest BCUT2D eigenvalue weighted by atomic mass is 15.3. The molecule has 0 radical (unpaired) electrons. The van der Waals surface area contributed by atoms with Crippen molar-refractivity contribution in [3.05, 3.63) is 47.2 Å². The van der Waals surface area contributed by atoms with Gasteiger partial charge < -0.3 is 5.73 Å². The van der Waals surface area contributed by atoms with E-state index in [1.807, 2.05) is 37.3 Å². The number of nitriles is 1. The molecule has 17 heavy (non-hydrogen) atoms. The van der Waals surface area contributed by atoms with Gasteiger partial charge in [0.2, 0.25) is 0 Å². The topological polar surface area (TPSA) is 67.6 Å². The molecule has 0 saturated carbocycles. The van der Waals surface area contributed by atoms with Gasteiger partial charge >= 0.3 is 0 Å². The maximum Gasteiger partial charge on any atom is 0.140 e. The van der Waals surface area contributed by atoms with E-state index in [9.17, 15) is 0 Å².